The van der Waals surface area contributed by atoms with E-state index >= 15 is 0 Å². The number of aromatic nitrogens is 2. The van der Waals surface area contributed by atoms with Gasteiger partial charge in [-0.3, -0.25) is 9.59 Å². The number of anilines is 1. The van der Waals surface area contributed by atoms with Crippen molar-refractivity contribution >= 4 is 17.7 Å². The third-order valence-corrected chi connectivity index (χ3v) is 2.98. The Kier molecular flexibility index (Phi) is 4.27. The Balaban J connectivity index is 1.92. The fraction of sp³-hybridized carbons (Fsp3) is 0.500. The number of rotatable bonds is 5. The van der Waals surface area contributed by atoms with Crippen LogP contribution in [0.4, 0.5) is 5.82 Å². The molecule has 0 radical (unpaired) electrons. The minimum Gasteiger partial charge on any atom is -0.480 e. The van der Waals surface area contributed by atoms with Crippen LogP contribution in [-0.2, 0) is 22.4 Å². The molecule has 1 aliphatic rings. The van der Waals surface area contributed by atoms with Gasteiger partial charge >= 0.3 is 5.97 Å². The molecule has 0 atom stereocenters. The first-order valence-electron chi connectivity index (χ1n) is 6.22. The number of hydrogen-bond donors (Lipinski definition) is 3. The summed E-state index contributed by atoms with van der Waals surface area (Å²) in [6.07, 6.45) is 5.57. The van der Waals surface area contributed by atoms with Gasteiger partial charge in [0.1, 0.15) is 18.7 Å². The molecule has 7 heteroatoms. The van der Waals surface area contributed by atoms with Gasteiger partial charge in [0.2, 0.25) is 5.91 Å². The zero-order chi connectivity index (χ0) is 13.7. The minimum absolute atomic E-state index is 0.0106. The number of carboxylic acid groups (broad SMARTS) is 1. The topological polar surface area (TPSA) is 104 Å². The lowest BCUT2D eigenvalue weighted by Gasteiger charge is -2.17. The second-order valence-corrected chi connectivity index (χ2v) is 4.38. The molecule has 0 aromatic carbocycles. The Morgan fingerprint density at radius 1 is 1.21 bits per heavy atom. The molecular formula is C12H16N4O3. The van der Waals surface area contributed by atoms with Crippen LogP contribution in [0.1, 0.15) is 24.1 Å². The van der Waals surface area contributed by atoms with Gasteiger partial charge in [-0.2, -0.15) is 0 Å². The van der Waals surface area contributed by atoms with E-state index < -0.39 is 5.97 Å². The lowest BCUT2D eigenvalue weighted by molar-refractivity contribution is -0.137. The van der Waals surface area contributed by atoms with Gasteiger partial charge in [-0.15, -0.1) is 0 Å². The number of amides is 1. The summed E-state index contributed by atoms with van der Waals surface area (Å²) in [5, 5.41) is 13.7. The number of carbonyl (C=O) groups excluding carboxylic acids is 1. The number of fused-ring (bicyclic) bond motifs is 1. The minimum atomic E-state index is -1.06. The molecule has 0 aliphatic heterocycles. The van der Waals surface area contributed by atoms with Crippen molar-refractivity contribution in [1.82, 2.24) is 15.3 Å². The van der Waals surface area contributed by atoms with E-state index in [1.807, 2.05) is 0 Å². The zero-order valence-corrected chi connectivity index (χ0v) is 10.5. The highest BCUT2D eigenvalue weighted by Crippen LogP contribution is 2.23. The highest BCUT2D eigenvalue weighted by atomic mass is 16.4. The Morgan fingerprint density at radius 2 is 2.00 bits per heavy atom. The number of aliphatic carboxylic acids is 1. The van der Waals surface area contributed by atoms with E-state index in [2.05, 4.69) is 20.6 Å². The van der Waals surface area contributed by atoms with Crippen LogP contribution in [0.5, 0.6) is 0 Å². The van der Waals surface area contributed by atoms with E-state index in [0.717, 1.165) is 36.9 Å². The summed E-state index contributed by atoms with van der Waals surface area (Å²) < 4.78 is 0. The van der Waals surface area contributed by atoms with Gasteiger partial charge < -0.3 is 15.7 Å². The van der Waals surface area contributed by atoms with Crippen molar-refractivity contribution in [3.63, 3.8) is 0 Å². The van der Waals surface area contributed by atoms with E-state index in [9.17, 15) is 9.59 Å². The number of nitrogens with one attached hydrogen (secondary N) is 2. The van der Waals surface area contributed by atoms with E-state index in [1.54, 1.807) is 0 Å². The highest BCUT2D eigenvalue weighted by molar-refractivity contribution is 5.84. The molecule has 1 aromatic rings. The summed E-state index contributed by atoms with van der Waals surface area (Å²) in [7, 11) is 0. The van der Waals surface area contributed by atoms with E-state index in [-0.39, 0.29) is 19.0 Å². The van der Waals surface area contributed by atoms with Gasteiger partial charge in [-0.1, -0.05) is 0 Å². The SMILES string of the molecule is O=C(O)CNC(=O)CNc1ncnc2c1CCCC2. The molecule has 7 nitrogen and oxygen atoms in total. The van der Waals surface area contributed by atoms with Crippen LogP contribution in [-0.4, -0.2) is 40.0 Å². The lowest BCUT2D eigenvalue weighted by atomic mass is 9.96. The molecule has 102 valence electrons. The number of carboxylic acids is 1. The molecule has 3 N–H and O–H groups in total. The van der Waals surface area contributed by atoms with Crippen LogP contribution in [0.25, 0.3) is 0 Å². The predicted octanol–water partition coefficient (Wildman–Crippen LogP) is -0.0319. The average molecular weight is 264 g/mol. The van der Waals surface area contributed by atoms with Crippen LogP contribution in [0.2, 0.25) is 0 Å². The van der Waals surface area contributed by atoms with E-state index in [1.165, 1.54) is 6.33 Å². The Hall–Kier alpha value is -2.18. The lowest BCUT2D eigenvalue weighted by Crippen LogP contribution is -2.34. The Bertz CT molecular complexity index is 490. The van der Waals surface area contributed by atoms with Gasteiger partial charge in [-0.25, -0.2) is 9.97 Å². The highest BCUT2D eigenvalue weighted by Gasteiger charge is 2.15. The fourth-order valence-electron chi connectivity index (χ4n) is 2.07. The Labute approximate surface area is 110 Å². The van der Waals surface area contributed by atoms with Crippen molar-refractivity contribution in [2.24, 2.45) is 0 Å². The largest absolute Gasteiger partial charge is 0.480 e. The predicted molar refractivity (Wildman–Crippen MR) is 67.8 cm³/mol. The molecule has 0 saturated carbocycles. The van der Waals surface area contributed by atoms with Crippen molar-refractivity contribution < 1.29 is 14.7 Å². The first kappa shape index (κ1) is 13.3. The van der Waals surface area contributed by atoms with Crippen molar-refractivity contribution in [1.29, 1.82) is 0 Å². The first-order valence-corrected chi connectivity index (χ1v) is 6.22. The first-order chi connectivity index (χ1) is 9.16. The average Bonchev–Trinajstić information content (AvgIpc) is 2.42. The summed E-state index contributed by atoms with van der Waals surface area (Å²) in [4.78, 5) is 30.1. The van der Waals surface area contributed by atoms with Gasteiger partial charge in [-0.05, 0) is 25.7 Å². The summed E-state index contributed by atoms with van der Waals surface area (Å²) in [5.41, 5.74) is 2.11. The maximum atomic E-state index is 11.4. The van der Waals surface area contributed by atoms with Gasteiger partial charge in [0.05, 0.1) is 6.54 Å². The van der Waals surface area contributed by atoms with Crippen LogP contribution in [0.3, 0.4) is 0 Å². The molecule has 1 aromatic heterocycles. The number of aryl methyl sites for hydroxylation is 1. The molecule has 0 unspecified atom stereocenters. The monoisotopic (exact) mass is 264 g/mol. The maximum Gasteiger partial charge on any atom is 0.322 e. The number of hydrogen-bond acceptors (Lipinski definition) is 5. The molecule has 0 spiro atoms. The normalized spacial score (nSPS) is 13.5. The van der Waals surface area contributed by atoms with Gasteiger partial charge in [0, 0.05) is 11.3 Å². The second-order valence-electron chi connectivity index (χ2n) is 4.38. The summed E-state index contributed by atoms with van der Waals surface area (Å²) in [5.74, 6) is -0.756. The van der Waals surface area contributed by atoms with Crippen molar-refractivity contribution in [3.8, 4) is 0 Å². The number of carbonyl (C=O) groups is 2. The van der Waals surface area contributed by atoms with Gasteiger partial charge in [0.15, 0.2) is 0 Å². The third-order valence-electron chi connectivity index (χ3n) is 2.98. The molecule has 2 rings (SSSR count). The second kappa shape index (κ2) is 6.12. The summed E-state index contributed by atoms with van der Waals surface area (Å²) in [6, 6.07) is 0. The molecule has 1 aliphatic carbocycles. The van der Waals surface area contributed by atoms with Crippen LogP contribution < -0.4 is 10.6 Å². The zero-order valence-electron chi connectivity index (χ0n) is 10.5. The summed E-state index contributed by atoms with van der Waals surface area (Å²) >= 11 is 0. The molecule has 1 amide bonds. The summed E-state index contributed by atoms with van der Waals surface area (Å²) in [6.45, 7) is -0.362. The molecule has 19 heavy (non-hydrogen) atoms. The Morgan fingerprint density at radius 3 is 2.79 bits per heavy atom. The molecule has 0 fully saturated rings. The van der Waals surface area contributed by atoms with E-state index in [0.29, 0.717) is 5.82 Å². The van der Waals surface area contributed by atoms with Crippen LogP contribution >= 0.6 is 0 Å². The van der Waals surface area contributed by atoms with Gasteiger partial charge in [0.25, 0.3) is 0 Å². The third kappa shape index (κ3) is 3.64. The molecule has 0 bridgehead atoms. The van der Waals surface area contributed by atoms with E-state index in [4.69, 9.17) is 5.11 Å². The smallest absolute Gasteiger partial charge is 0.322 e. The molecular weight excluding hydrogens is 248 g/mol. The molecule has 1 heterocycles. The maximum absolute atomic E-state index is 11.4. The van der Waals surface area contributed by atoms with Crippen molar-refractivity contribution in [2.45, 2.75) is 25.7 Å². The standard InChI is InChI=1S/C12H16N4O3/c17-10(13-6-11(18)19)5-14-12-8-3-1-2-4-9(8)15-7-16-12/h7H,1-6H2,(H,13,17)(H,18,19)(H,14,15,16). The molecule has 0 saturated heterocycles. The fourth-order valence-corrected chi connectivity index (χ4v) is 2.07. The van der Waals surface area contributed by atoms with Crippen LogP contribution in [0, 0.1) is 0 Å². The van der Waals surface area contributed by atoms with Crippen LogP contribution in [0.15, 0.2) is 6.33 Å². The number of nitrogens with zero attached hydrogens (tertiary/aromatic N) is 2. The van der Waals surface area contributed by atoms with Crippen molar-refractivity contribution in [2.75, 3.05) is 18.4 Å². The quantitative estimate of drug-likeness (QED) is 0.689. The van der Waals surface area contributed by atoms with Crippen molar-refractivity contribution in [3.05, 3.63) is 17.6 Å².